The van der Waals surface area contributed by atoms with E-state index < -0.39 is 18.2 Å². The lowest BCUT2D eigenvalue weighted by Crippen LogP contribution is -2.46. The number of ether oxygens (including phenoxy) is 1. The first-order valence-electron chi connectivity index (χ1n) is 24.4. The molecule has 0 spiro atoms. The molecule has 0 radical (unpaired) electrons. The van der Waals surface area contributed by atoms with Crippen LogP contribution in [0.1, 0.15) is 188 Å². The van der Waals surface area contributed by atoms with Gasteiger partial charge in [-0.2, -0.15) is 0 Å². The van der Waals surface area contributed by atoms with Crippen molar-refractivity contribution in [1.82, 2.24) is 5.32 Å². The lowest BCUT2D eigenvalue weighted by molar-refractivity contribution is -0.151. The van der Waals surface area contributed by atoms with E-state index in [2.05, 4.69) is 56.5 Å². The first kappa shape index (κ1) is 57.3. The summed E-state index contributed by atoms with van der Waals surface area (Å²) in [7, 11) is 0. The summed E-state index contributed by atoms with van der Waals surface area (Å²) in [5, 5.41) is 23.7. The molecule has 6 nitrogen and oxygen atoms in total. The van der Waals surface area contributed by atoms with Crippen LogP contribution in [0.2, 0.25) is 0 Å². The van der Waals surface area contributed by atoms with Crippen molar-refractivity contribution in [1.29, 1.82) is 0 Å². The number of hydrogen-bond donors (Lipinski definition) is 3. The van der Waals surface area contributed by atoms with Gasteiger partial charge >= 0.3 is 5.97 Å². The Morgan fingerprint density at radius 2 is 0.918 bits per heavy atom. The van der Waals surface area contributed by atoms with Gasteiger partial charge in [-0.1, -0.05) is 239 Å². The van der Waals surface area contributed by atoms with Crippen molar-refractivity contribution in [2.45, 2.75) is 206 Å². The zero-order valence-electron chi connectivity index (χ0n) is 39.0. The second-order valence-corrected chi connectivity index (χ2v) is 16.0. The number of hydrogen-bond acceptors (Lipinski definition) is 5. The molecule has 0 saturated carbocycles. The Morgan fingerprint density at radius 1 is 0.492 bits per heavy atom. The molecule has 0 aromatic carbocycles. The maximum absolute atomic E-state index is 13.2. The van der Waals surface area contributed by atoms with Crippen LogP contribution >= 0.6 is 0 Å². The molecule has 0 aliphatic heterocycles. The van der Waals surface area contributed by atoms with E-state index >= 15 is 0 Å². The molecule has 0 aliphatic rings. The summed E-state index contributed by atoms with van der Waals surface area (Å²) in [4.78, 5) is 26.1. The van der Waals surface area contributed by atoms with E-state index in [1.54, 1.807) is 0 Å². The van der Waals surface area contributed by atoms with Crippen LogP contribution < -0.4 is 5.32 Å². The molecule has 0 saturated heterocycles. The van der Waals surface area contributed by atoms with Crippen LogP contribution in [0.15, 0.2) is 122 Å². The zero-order chi connectivity index (χ0) is 44.5. The largest absolute Gasteiger partial charge is 0.462 e. The zero-order valence-corrected chi connectivity index (χ0v) is 39.0. The molecule has 3 atom stereocenters. The summed E-state index contributed by atoms with van der Waals surface area (Å²) < 4.78 is 5.86. The van der Waals surface area contributed by atoms with E-state index in [-0.39, 0.29) is 31.3 Å². The van der Waals surface area contributed by atoms with Crippen LogP contribution in [0.5, 0.6) is 0 Å². The Hall–Kier alpha value is -3.74. The van der Waals surface area contributed by atoms with E-state index in [9.17, 15) is 19.8 Å². The third-order valence-electron chi connectivity index (χ3n) is 10.3. The maximum atomic E-state index is 13.2. The standard InChI is InChI=1S/C55H89NO5/c1-4-7-10-13-16-19-22-25-26-27-30-31-34-37-40-43-46-51(61-55(60)48-45-42-39-36-33-29-24-21-18-15-12-9-6-3)49-54(59)56-52(50-57)53(58)47-44-41-38-35-32-28-23-20-17-14-11-8-5-2/h9-10,12-13,15-16,18-19,21-22,24-27,29-31,33,36,39,51-53,57-58H,4-8,11,14,17,20,23,28,32,34-35,37-38,40-50H2,1-3H3,(H,56,59)/b12-9+,13-10+,18-15+,19-16+,24-21-,25-22+,27-26+,31-30+,33-29-,39-36+. The SMILES string of the molecule is CC/C=C/C=C/C=C\C=C/C=C/CCCC(=O)OC(CCCCC/C=C/C=C/C=C/C=C/C=C/CCC)CC(=O)NC(CO)C(O)CCCCCCCCCCCCCCC. The first-order valence-corrected chi connectivity index (χ1v) is 24.4. The number of carbonyl (C=O) groups is 2. The molecule has 0 fully saturated rings. The molecule has 0 aliphatic carbocycles. The minimum absolute atomic E-state index is 0.0123. The van der Waals surface area contributed by atoms with Crippen LogP contribution in [0.25, 0.3) is 0 Å². The van der Waals surface area contributed by atoms with Gasteiger partial charge in [-0.25, -0.2) is 0 Å². The Labute approximate surface area is 374 Å². The number of unbranched alkanes of at least 4 members (excludes halogenated alkanes) is 17. The van der Waals surface area contributed by atoms with Crippen molar-refractivity contribution in [3.63, 3.8) is 0 Å². The predicted molar refractivity (Wildman–Crippen MR) is 263 cm³/mol. The molecule has 0 bridgehead atoms. The Morgan fingerprint density at radius 3 is 1.41 bits per heavy atom. The van der Waals surface area contributed by atoms with Crippen molar-refractivity contribution in [2.75, 3.05) is 6.61 Å². The van der Waals surface area contributed by atoms with Crippen LogP contribution in [-0.2, 0) is 14.3 Å². The number of nitrogens with one attached hydrogen (secondary N) is 1. The van der Waals surface area contributed by atoms with Gasteiger partial charge < -0.3 is 20.3 Å². The second kappa shape index (κ2) is 47.3. The molecule has 0 aromatic heterocycles. The highest BCUT2D eigenvalue weighted by Gasteiger charge is 2.24. The van der Waals surface area contributed by atoms with Gasteiger partial charge in [0.2, 0.25) is 5.91 Å². The van der Waals surface area contributed by atoms with Gasteiger partial charge in [-0.3, -0.25) is 9.59 Å². The van der Waals surface area contributed by atoms with Gasteiger partial charge in [-0.05, 0) is 57.8 Å². The minimum Gasteiger partial charge on any atom is -0.462 e. The average molecular weight is 844 g/mol. The van der Waals surface area contributed by atoms with Crippen molar-refractivity contribution in [3.8, 4) is 0 Å². The summed E-state index contributed by atoms with van der Waals surface area (Å²) in [5.41, 5.74) is 0. The highest BCUT2D eigenvalue weighted by Crippen LogP contribution is 2.16. The predicted octanol–water partition coefficient (Wildman–Crippen LogP) is 14.5. The van der Waals surface area contributed by atoms with Crippen molar-refractivity contribution in [3.05, 3.63) is 122 Å². The molecular weight excluding hydrogens is 755 g/mol. The van der Waals surface area contributed by atoms with Crippen LogP contribution in [-0.4, -0.2) is 46.9 Å². The fourth-order valence-corrected chi connectivity index (χ4v) is 6.61. The highest BCUT2D eigenvalue weighted by molar-refractivity contribution is 5.77. The van der Waals surface area contributed by atoms with Gasteiger partial charge in [0.1, 0.15) is 6.10 Å². The molecule has 0 rings (SSSR count). The Balaban J connectivity index is 4.84. The quantitative estimate of drug-likeness (QED) is 0.0324. The number of amides is 1. The van der Waals surface area contributed by atoms with E-state index in [0.29, 0.717) is 19.3 Å². The molecule has 3 N–H and O–H groups in total. The molecule has 344 valence electrons. The van der Waals surface area contributed by atoms with Crippen LogP contribution in [0.4, 0.5) is 0 Å². The third kappa shape index (κ3) is 42.7. The first-order chi connectivity index (χ1) is 30.0. The van der Waals surface area contributed by atoms with Crippen LogP contribution in [0.3, 0.4) is 0 Å². The van der Waals surface area contributed by atoms with Crippen molar-refractivity contribution >= 4 is 11.9 Å². The van der Waals surface area contributed by atoms with Gasteiger partial charge in [-0.15, -0.1) is 0 Å². The minimum atomic E-state index is -0.820. The number of esters is 1. The van der Waals surface area contributed by atoms with Gasteiger partial charge in [0.05, 0.1) is 25.2 Å². The van der Waals surface area contributed by atoms with Crippen molar-refractivity contribution in [2.24, 2.45) is 0 Å². The molecule has 3 unspecified atom stereocenters. The van der Waals surface area contributed by atoms with Crippen molar-refractivity contribution < 1.29 is 24.5 Å². The summed E-state index contributed by atoms with van der Waals surface area (Å²) in [5.74, 6) is -0.618. The Kier molecular flexibility index (Phi) is 44.4. The van der Waals surface area contributed by atoms with E-state index in [0.717, 1.165) is 70.6 Å². The maximum Gasteiger partial charge on any atom is 0.306 e. The summed E-state index contributed by atoms with van der Waals surface area (Å²) in [6.07, 6.45) is 65.4. The van der Waals surface area contributed by atoms with Gasteiger partial charge in [0.25, 0.3) is 0 Å². The second-order valence-electron chi connectivity index (χ2n) is 16.0. The fourth-order valence-electron chi connectivity index (χ4n) is 6.61. The molecule has 1 amide bonds. The molecule has 0 heterocycles. The topological polar surface area (TPSA) is 95.9 Å². The molecule has 0 aromatic rings. The highest BCUT2D eigenvalue weighted by atomic mass is 16.5. The van der Waals surface area contributed by atoms with Gasteiger partial charge in [0.15, 0.2) is 0 Å². The van der Waals surface area contributed by atoms with E-state index in [1.165, 1.54) is 64.2 Å². The van der Waals surface area contributed by atoms with Crippen LogP contribution in [0, 0.1) is 0 Å². The van der Waals surface area contributed by atoms with E-state index in [4.69, 9.17) is 4.74 Å². The van der Waals surface area contributed by atoms with E-state index in [1.807, 2.05) is 91.1 Å². The Bertz CT molecular complexity index is 1310. The number of allylic oxidation sites excluding steroid dienone is 20. The average Bonchev–Trinajstić information content (AvgIpc) is 3.25. The number of carbonyl (C=O) groups excluding carboxylic acids is 2. The third-order valence-corrected chi connectivity index (χ3v) is 10.3. The number of rotatable bonds is 41. The van der Waals surface area contributed by atoms with Gasteiger partial charge in [0, 0.05) is 6.42 Å². The number of aliphatic hydroxyl groups excluding tert-OH is 2. The fraction of sp³-hybridized carbons (Fsp3) is 0.600. The smallest absolute Gasteiger partial charge is 0.306 e. The summed E-state index contributed by atoms with van der Waals surface area (Å²) in [6, 6.07) is -0.739. The summed E-state index contributed by atoms with van der Waals surface area (Å²) in [6.45, 7) is 6.20. The molecular formula is C55H89NO5. The molecule has 6 heteroatoms. The molecule has 61 heavy (non-hydrogen) atoms. The summed E-state index contributed by atoms with van der Waals surface area (Å²) >= 11 is 0. The lowest BCUT2D eigenvalue weighted by atomic mass is 10.0. The number of aliphatic hydroxyl groups is 2. The lowest BCUT2D eigenvalue weighted by Gasteiger charge is -2.24. The normalized spacial score (nSPS) is 14.4. The monoisotopic (exact) mass is 844 g/mol.